The molecule has 0 bridgehead atoms. The lowest BCUT2D eigenvalue weighted by atomic mass is 9.78. The third-order valence-corrected chi connectivity index (χ3v) is 7.18. The number of rotatable bonds is 5. The molecule has 0 aliphatic carbocycles. The summed E-state index contributed by atoms with van der Waals surface area (Å²) in [5.41, 5.74) is 3.90. The van der Waals surface area contributed by atoms with Gasteiger partial charge in [0.25, 0.3) is 0 Å². The Balaban J connectivity index is 1.78. The first-order chi connectivity index (χ1) is 17.2. The molecule has 2 heterocycles. The minimum atomic E-state index is -0.441. The molecule has 4 aromatic rings. The topological polar surface area (TPSA) is 44.2 Å². The summed E-state index contributed by atoms with van der Waals surface area (Å²) < 4.78 is 12.7. The van der Waals surface area contributed by atoms with Gasteiger partial charge in [0.05, 0.1) is 22.4 Å². The number of benzene rings is 3. The number of hydrogen-bond acceptors (Lipinski definition) is 4. The molecule has 0 unspecified atom stereocenters. The molecule has 3 aromatic carbocycles. The molecule has 36 heavy (non-hydrogen) atoms. The fraction of sp³-hybridized carbons (Fsp3) is 0.226. The molecule has 0 saturated carbocycles. The molecule has 0 spiro atoms. The average Bonchev–Trinajstić information content (AvgIpc) is 3.10. The van der Waals surface area contributed by atoms with E-state index in [2.05, 4.69) is 70.7 Å². The van der Waals surface area contributed by atoms with Gasteiger partial charge < -0.3 is 9.31 Å². The summed E-state index contributed by atoms with van der Waals surface area (Å²) in [6.07, 6.45) is 7.86. The standard InChI is InChI=1S/C31H31BN2O2/c1-7-12-22(13-8-2)27-25-19-17-21-16-18-24(32-35-30(3,4)31(5,6)36-32)20-26(21)28(25)34-29(33-27)23-14-10-9-11-15-23/h7-20H,1H2,2-6H3/b13-8-,22-12+. The molecule has 1 saturated heterocycles. The molecular weight excluding hydrogens is 443 g/mol. The highest BCUT2D eigenvalue weighted by molar-refractivity contribution is 6.62. The number of nitrogens with zero attached hydrogens (tertiary/aromatic N) is 2. The van der Waals surface area contributed by atoms with Crippen LogP contribution in [0.1, 0.15) is 40.3 Å². The lowest BCUT2D eigenvalue weighted by Gasteiger charge is -2.32. The van der Waals surface area contributed by atoms with Crippen LogP contribution in [0.4, 0.5) is 0 Å². The van der Waals surface area contributed by atoms with Crippen molar-refractivity contribution in [3.05, 3.63) is 97.2 Å². The van der Waals surface area contributed by atoms with Crippen LogP contribution in [0.5, 0.6) is 0 Å². The van der Waals surface area contributed by atoms with Crippen LogP contribution in [0.3, 0.4) is 0 Å². The largest absolute Gasteiger partial charge is 0.494 e. The third kappa shape index (κ3) is 4.19. The number of hydrogen-bond donors (Lipinski definition) is 0. The zero-order valence-electron chi connectivity index (χ0n) is 21.6. The zero-order valence-corrected chi connectivity index (χ0v) is 21.6. The van der Waals surface area contributed by atoms with Gasteiger partial charge in [0.15, 0.2) is 5.82 Å². The molecule has 1 aliphatic heterocycles. The lowest BCUT2D eigenvalue weighted by Crippen LogP contribution is -2.41. The molecule has 4 nitrogen and oxygen atoms in total. The smallest absolute Gasteiger partial charge is 0.399 e. The Morgan fingerprint density at radius 2 is 1.58 bits per heavy atom. The summed E-state index contributed by atoms with van der Waals surface area (Å²) in [6, 6.07) is 20.7. The van der Waals surface area contributed by atoms with Crippen molar-refractivity contribution in [3.8, 4) is 11.4 Å². The van der Waals surface area contributed by atoms with Crippen molar-refractivity contribution < 1.29 is 9.31 Å². The highest BCUT2D eigenvalue weighted by Gasteiger charge is 2.51. The van der Waals surface area contributed by atoms with E-state index in [0.29, 0.717) is 5.82 Å². The van der Waals surface area contributed by atoms with Gasteiger partial charge in [-0.05, 0) is 51.5 Å². The van der Waals surface area contributed by atoms with E-state index in [9.17, 15) is 0 Å². The van der Waals surface area contributed by atoms with E-state index in [-0.39, 0.29) is 0 Å². The Kier molecular flexibility index (Phi) is 6.15. The molecule has 1 aliphatic rings. The zero-order chi connectivity index (χ0) is 25.5. The van der Waals surface area contributed by atoms with Crippen molar-refractivity contribution in [3.63, 3.8) is 0 Å². The van der Waals surface area contributed by atoms with Gasteiger partial charge in [0.1, 0.15) is 0 Å². The second-order valence-corrected chi connectivity index (χ2v) is 10.2. The predicted molar refractivity (Wildman–Crippen MR) is 151 cm³/mol. The maximum Gasteiger partial charge on any atom is 0.494 e. The van der Waals surface area contributed by atoms with Crippen LogP contribution in [0.15, 0.2) is 91.5 Å². The first-order valence-electron chi connectivity index (χ1n) is 12.4. The summed E-state index contributed by atoms with van der Waals surface area (Å²) in [6.45, 7) is 14.2. The minimum Gasteiger partial charge on any atom is -0.399 e. The van der Waals surface area contributed by atoms with E-state index in [0.717, 1.165) is 44.0 Å². The van der Waals surface area contributed by atoms with Crippen molar-refractivity contribution in [1.82, 2.24) is 9.97 Å². The number of fused-ring (bicyclic) bond motifs is 3. The minimum absolute atomic E-state index is 0.405. The summed E-state index contributed by atoms with van der Waals surface area (Å²) >= 11 is 0. The lowest BCUT2D eigenvalue weighted by molar-refractivity contribution is 0.00578. The normalized spacial score (nSPS) is 17.4. The Morgan fingerprint density at radius 3 is 2.25 bits per heavy atom. The maximum absolute atomic E-state index is 6.35. The van der Waals surface area contributed by atoms with Crippen LogP contribution >= 0.6 is 0 Å². The Hall–Kier alpha value is -3.54. The summed E-state index contributed by atoms with van der Waals surface area (Å²) in [4.78, 5) is 10.1. The van der Waals surface area contributed by atoms with Crippen molar-refractivity contribution in [2.24, 2.45) is 0 Å². The number of aromatic nitrogens is 2. The Morgan fingerprint density at radius 1 is 0.889 bits per heavy atom. The van der Waals surface area contributed by atoms with Gasteiger partial charge >= 0.3 is 7.12 Å². The van der Waals surface area contributed by atoms with Gasteiger partial charge in [0.2, 0.25) is 0 Å². The first kappa shape index (κ1) is 24.2. The van der Waals surface area contributed by atoms with E-state index in [1.54, 1.807) is 6.08 Å². The van der Waals surface area contributed by atoms with E-state index in [1.807, 2.05) is 49.4 Å². The van der Waals surface area contributed by atoms with E-state index in [1.165, 1.54) is 0 Å². The van der Waals surface area contributed by atoms with Gasteiger partial charge in [0, 0.05) is 21.9 Å². The van der Waals surface area contributed by atoms with Crippen LogP contribution in [0, 0.1) is 0 Å². The fourth-order valence-electron chi connectivity index (χ4n) is 4.51. The molecule has 0 radical (unpaired) electrons. The van der Waals surface area contributed by atoms with E-state index < -0.39 is 18.3 Å². The third-order valence-electron chi connectivity index (χ3n) is 7.18. The molecule has 1 fully saturated rings. The number of allylic oxidation sites excluding steroid dienone is 5. The molecule has 5 rings (SSSR count). The molecule has 0 N–H and O–H groups in total. The van der Waals surface area contributed by atoms with E-state index >= 15 is 0 Å². The second-order valence-electron chi connectivity index (χ2n) is 10.2. The van der Waals surface area contributed by atoms with Crippen molar-refractivity contribution in [2.75, 3.05) is 0 Å². The van der Waals surface area contributed by atoms with Crippen molar-refractivity contribution >= 4 is 39.8 Å². The Bertz CT molecular complexity index is 1500. The molecular formula is C31H31BN2O2. The van der Waals surface area contributed by atoms with Crippen LogP contribution in [0.25, 0.3) is 38.6 Å². The molecule has 1 aromatic heterocycles. The van der Waals surface area contributed by atoms with Gasteiger partial charge in [-0.25, -0.2) is 9.97 Å². The van der Waals surface area contributed by atoms with Crippen LogP contribution in [-0.4, -0.2) is 28.3 Å². The van der Waals surface area contributed by atoms with Crippen LogP contribution < -0.4 is 5.46 Å². The van der Waals surface area contributed by atoms with E-state index in [4.69, 9.17) is 19.3 Å². The summed E-state index contributed by atoms with van der Waals surface area (Å²) in [7, 11) is -0.441. The van der Waals surface area contributed by atoms with Gasteiger partial charge in [-0.2, -0.15) is 0 Å². The molecule has 180 valence electrons. The van der Waals surface area contributed by atoms with Crippen LogP contribution in [0.2, 0.25) is 0 Å². The first-order valence-corrected chi connectivity index (χ1v) is 12.4. The fourth-order valence-corrected chi connectivity index (χ4v) is 4.51. The van der Waals surface area contributed by atoms with Gasteiger partial charge in [-0.1, -0.05) is 85.5 Å². The molecule has 0 amide bonds. The second kappa shape index (κ2) is 9.16. The maximum atomic E-state index is 6.35. The summed E-state index contributed by atoms with van der Waals surface area (Å²) in [5.74, 6) is 0.686. The monoisotopic (exact) mass is 474 g/mol. The Labute approximate surface area is 213 Å². The average molecular weight is 474 g/mol. The van der Waals surface area contributed by atoms with Crippen molar-refractivity contribution in [2.45, 2.75) is 45.8 Å². The van der Waals surface area contributed by atoms with Gasteiger partial charge in [-0.3, -0.25) is 0 Å². The van der Waals surface area contributed by atoms with Crippen LogP contribution in [-0.2, 0) is 9.31 Å². The summed E-state index contributed by atoms with van der Waals surface area (Å²) in [5, 5.41) is 3.13. The highest BCUT2D eigenvalue weighted by Crippen LogP contribution is 2.37. The predicted octanol–water partition coefficient (Wildman–Crippen LogP) is 6.89. The molecule has 5 heteroatoms. The van der Waals surface area contributed by atoms with Gasteiger partial charge in [-0.15, -0.1) is 0 Å². The highest BCUT2D eigenvalue weighted by atomic mass is 16.7. The quantitative estimate of drug-likeness (QED) is 0.179. The van der Waals surface area contributed by atoms with Crippen molar-refractivity contribution in [1.29, 1.82) is 0 Å². The SMILES string of the molecule is C=C/C=C(\C=C/C)c1nc(-c2ccccc2)nc2c1ccc1ccc(B3OC(C)(C)C(C)(C)O3)cc12. The molecule has 0 atom stereocenters.